The van der Waals surface area contributed by atoms with Gasteiger partial charge in [-0.25, -0.2) is 9.97 Å². The van der Waals surface area contributed by atoms with Gasteiger partial charge in [-0.05, 0) is 30.4 Å². The van der Waals surface area contributed by atoms with Gasteiger partial charge in [0, 0.05) is 18.4 Å². The molecule has 0 fully saturated rings. The summed E-state index contributed by atoms with van der Waals surface area (Å²) in [5, 5.41) is 9.88. The lowest BCUT2D eigenvalue weighted by Gasteiger charge is -2.25. The molecule has 3 rings (SSSR count). The van der Waals surface area contributed by atoms with Crippen molar-refractivity contribution in [1.82, 2.24) is 15.3 Å². The lowest BCUT2D eigenvalue weighted by Crippen LogP contribution is -2.39. The monoisotopic (exact) mass is 314 g/mol. The number of amides is 1. The highest BCUT2D eigenvalue weighted by Crippen LogP contribution is 2.21. The van der Waals surface area contributed by atoms with E-state index in [0.29, 0.717) is 0 Å². The van der Waals surface area contributed by atoms with Crippen LogP contribution in [0.1, 0.15) is 28.0 Å². The average Bonchev–Trinajstić information content (AvgIpc) is 2.56. The SMILES string of the molecule is Nc1nccnc1C(=O)N[C@@H]1CCc2ccccc2C1.O=CO. The van der Waals surface area contributed by atoms with E-state index in [1.54, 1.807) is 0 Å². The van der Waals surface area contributed by atoms with Crippen molar-refractivity contribution in [3.8, 4) is 0 Å². The van der Waals surface area contributed by atoms with Crippen molar-refractivity contribution in [2.45, 2.75) is 25.3 Å². The molecule has 0 saturated carbocycles. The molecule has 0 saturated heterocycles. The van der Waals surface area contributed by atoms with Crippen molar-refractivity contribution in [3.05, 3.63) is 53.5 Å². The summed E-state index contributed by atoms with van der Waals surface area (Å²) in [6.07, 6.45) is 5.71. The van der Waals surface area contributed by atoms with E-state index >= 15 is 0 Å². The minimum atomic E-state index is -0.250. The Morgan fingerprint density at radius 2 is 1.91 bits per heavy atom. The maximum atomic E-state index is 12.2. The minimum Gasteiger partial charge on any atom is -0.483 e. The van der Waals surface area contributed by atoms with Gasteiger partial charge < -0.3 is 16.2 Å². The van der Waals surface area contributed by atoms with Gasteiger partial charge in [0.25, 0.3) is 12.4 Å². The third-order valence-corrected chi connectivity index (χ3v) is 3.62. The van der Waals surface area contributed by atoms with Crippen molar-refractivity contribution in [2.24, 2.45) is 0 Å². The molecule has 23 heavy (non-hydrogen) atoms. The second kappa shape index (κ2) is 7.88. The van der Waals surface area contributed by atoms with Crippen LogP contribution in [-0.4, -0.2) is 33.5 Å². The molecule has 0 aliphatic heterocycles. The van der Waals surface area contributed by atoms with Crippen LogP contribution in [0.3, 0.4) is 0 Å². The zero-order chi connectivity index (χ0) is 16.7. The fourth-order valence-electron chi connectivity index (χ4n) is 2.60. The highest BCUT2D eigenvalue weighted by atomic mass is 16.3. The normalized spacial score (nSPS) is 15.6. The van der Waals surface area contributed by atoms with Crippen LogP contribution in [0.5, 0.6) is 0 Å². The first-order valence-corrected chi connectivity index (χ1v) is 7.17. The van der Waals surface area contributed by atoms with Crippen LogP contribution in [0.4, 0.5) is 5.82 Å². The van der Waals surface area contributed by atoms with Crippen molar-refractivity contribution < 1.29 is 14.7 Å². The zero-order valence-corrected chi connectivity index (χ0v) is 12.5. The van der Waals surface area contributed by atoms with E-state index in [1.807, 2.05) is 6.07 Å². The molecule has 1 atom stereocenters. The van der Waals surface area contributed by atoms with Gasteiger partial charge in [0.1, 0.15) is 0 Å². The summed E-state index contributed by atoms with van der Waals surface area (Å²) in [6, 6.07) is 8.47. The van der Waals surface area contributed by atoms with Gasteiger partial charge in [-0.2, -0.15) is 0 Å². The van der Waals surface area contributed by atoms with Crippen LogP contribution in [0.25, 0.3) is 0 Å². The number of carboxylic acid groups (broad SMARTS) is 1. The van der Waals surface area contributed by atoms with Crippen LogP contribution in [0.2, 0.25) is 0 Å². The van der Waals surface area contributed by atoms with E-state index in [9.17, 15) is 4.79 Å². The van der Waals surface area contributed by atoms with E-state index in [1.165, 1.54) is 23.5 Å². The first kappa shape index (κ1) is 16.4. The summed E-state index contributed by atoms with van der Waals surface area (Å²) in [5.74, 6) is -0.0822. The smallest absolute Gasteiger partial charge is 0.290 e. The molecule has 0 spiro atoms. The van der Waals surface area contributed by atoms with Gasteiger partial charge in [0.05, 0.1) is 0 Å². The number of nitrogens with one attached hydrogen (secondary N) is 1. The Labute approximate surface area is 133 Å². The highest BCUT2D eigenvalue weighted by molar-refractivity contribution is 5.96. The molecule has 4 N–H and O–H groups in total. The van der Waals surface area contributed by atoms with Gasteiger partial charge in [0.15, 0.2) is 11.5 Å². The molecular formula is C16H18N4O3. The minimum absolute atomic E-state index is 0.124. The molecule has 1 heterocycles. The second-order valence-corrected chi connectivity index (χ2v) is 5.08. The number of fused-ring (bicyclic) bond motifs is 1. The number of nitrogens with two attached hydrogens (primary N) is 1. The first-order valence-electron chi connectivity index (χ1n) is 7.17. The topological polar surface area (TPSA) is 118 Å². The molecule has 7 nitrogen and oxygen atoms in total. The van der Waals surface area contributed by atoms with Crippen LogP contribution in [0.15, 0.2) is 36.7 Å². The molecule has 1 aliphatic rings. The Bertz CT molecular complexity index is 691. The number of hydrogen-bond acceptors (Lipinski definition) is 5. The number of aromatic nitrogens is 2. The van der Waals surface area contributed by atoms with Crippen molar-refractivity contribution >= 4 is 18.2 Å². The molecule has 7 heteroatoms. The molecule has 0 radical (unpaired) electrons. The Morgan fingerprint density at radius 1 is 1.26 bits per heavy atom. The Hall–Kier alpha value is -2.96. The molecule has 1 amide bonds. The number of carbonyl (C=O) groups excluding carboxylic acids is 1. The predicted octanol–water partition coefficient (Wildman–Crippen LogP) is 1.05. The molecule has 2 aromatic rings. The number of hydrogen-bond donors (Lipinski definition) is 3. The average molecular weight is 314 g/mol. The van der Waals surface area contributed by atoms with E-state index in [-0.39, 0.29) is 29.9 Å². The number of aryl methyl sites for hydroxylation is 1. The van der Waals surface area contributed by atoms with Gasteiger partial charge >= 0.3 is 0 Å². The van der Waals surface area contributed by atoms with Gasteiger partial charge in [-0.15, -0.1) is 0 Å². The van der Waals surface area contributed by atoms with E-state index < -0.39 is 0 Å². The molecule has 0 bridgehead atoms. The first-order chi connectivity index (χ1) is 11.2. The van der Waals surface area contributed by atoms with E-state index in [2.05, 4.69) is 33.5 Å². The van der Waals surface area contributed by atoms with Gasteiger partial charge in [-0.1, -0.05) is 24.3 Å². The van der Waals surface area contributed by atoms with Crippen LogP contribution < -0.4 is 11.1 Å². The largest absolute Gasteiger partial charge is 0.483 e. The summed E-state index contributed by atoms with van der Waals surface area (Å²) in [5.41, 5.74) is 8.54. The summed E-state index contributed by atoms with van der Waals surface area (Å²) in [6.45, 7) is -0.250. The number of anilines is 1. The quantitative estimate of drug-likeness (QED) is 0.713. The lowest BCUT2D eigenvalue weighted by atomic mass is 9.88. The third kappa shape index (κ3) is 4.26. The molecule has 1 aliphatic carbocycles. The zero-order valence-electron chi connectivity index (χ0n) is 12.5. The van der Waals surface area contributed by atoms with Crippen molar-refractivity contribution in [1.29, 1.82) is 0 Å². The number of rotatable bonds is 2. The third-order valence-electron chi connectivity index (χ3n) is 3.62. The molecule has 1 aromatic heterocycles. The fourth-order valence-corrected chi connectivity index (χ4v) is 2.60. The second-order valence-electron chi connectivity index (χ2n) is 5.08. The highest BCUT2D eigenvalue weighted by Gasteiger charge is 2.21. The van der Waals surface area contributed by atoms with E-state index in [4.69, 9.17) is 15.6 Å². The van der Waals surface area contributed by atoms with Gasteiger partial charge in [-0.3, -0.25) is 9.59 Å². The van der Waals surface area contributed by atoms with Crippen molar-refractivity contribution in [3.63, 3.8) is 0 Å². The number of nitrogen functional groups attached to an aromatic ring is 1. The van der Waals surface area contributed by atoms with Crippen molar-refractivity contribution in [2.75, 3.05) is 5.73 Å². The molecule has 120 valence electrons. The Kier molecular flexibility index (Phi) is 5.62. The Balaban J connectivity index is 0.000000595. The maximum Gasteiger partial charge on any atom is 0.290 e. The summed E-state index contributed by atoms with van der Waals surface area (Å²) >= 11 is 0. The lowest BCUT2D eigenvalue weighted by molar-refractivity contribution is -0.122. The number of benzene rings is 1. The standard InChI is InChI=1S/C15H16N4O.CH2O2/c16-14-13(17-7-8-18-14)15(20)19-12-6-5-10-3-1-2-4-11(10)9-12;2-1-3/h1-4,7-8,12H,5-6,9H2,(H2,16,18)(H,19,20);1H,(H,2,3)/t12-;/m1./s1. The summed E-state index contributed by atoms with van der Waals surface area (Å²) in [4.78, 5) is 28.4. The summed E-state index contributed by atoms with van der Waals surface area (Å²) in [7, 11) is 0. The number of carbonyl (C=O) groups is 2. The van der Waals surface area contributed by atoms with Crippen LogP contribution in [-0.2, 0) is 17.6 Å². The molecule has 1 aromatic carbocycles. The predicted molar refractivity (Wildman–Crippen MR) is 84.9 cm³/mol. The van der Waals surface area contributed by atoms with Crippen LogP contribution >= 0.6 is 0 Å². The number of nitrogens with zero attached hydrogens (tertiary/aromatic N) is 2. The molecular weight excluding hydrogens is 296 g/mol. The summed E-state index contributed by atoms with van der Waals surface area (Å²) < 4.78 is 0. The maximum absolute atomic E-state index is 12.2. The van der Waals surface area contributed by atoms with E-state index in [0.717, 1.165) is 19.3 Å². The Morgan fingerprint density at radius 3 is 2.61 bits per heavy atom. The van der Waals surface area contributed by atoms with Crippen LogP contribution in [0, 0.1) is 0 Å². The fraction of sp³-hybridized carbons (Fsp3) is 0.250. The molecule has 0 unspecified atom stereocenters. The van der Waals surface area contributed by atoms with Gasteiger partial charge in [0.2, 0.25) is 0 Å².